The third-order valence-electron chi connectivity index (χ3n) is 1.76. The number of hydrogen-bond donors (Lipinski definition) is 0. The molecule has 0 fully saturated rings. The molecule has 0 aliphatic carbocycles. The molecular weight excluding hydrogens is 434 g/mol. The number of carbonyl (C=O) groups is 1. The summed E-state index contributed by atoms with van der Waals surface area (Å²) in [5, 5.41) is 0.0997. The first-order chi connectivity index (χ1) is 8.28. The quantitative estimate of drug-likeness (QED) is 0.412. The first-order valence-electron chi connectivity index (χ1n) is 4.38. The number of ether oxygens (including phenoxy) is 2. The number of halogens is 5. The average molecular weight is 440 g/mol. The third-order valence-corrected chi connectivity index (χ3v) is 3.14. The second-order valence-electron chi connectivity index (χ2n) is 2.94. The predicted molar refractivity (Wildman–Crippen MR) is 67.6 cm³/mol. The van der Waals surface area contributed by atoms with Gasteiger partial charge in [-0.05, 0) is 22.6 Å². The molecule has 0 atom stereocenters. The minimum Gasteiger partial charge on any atom is -0.465 e. The Labute approximate surface area is 122 Å². The smallest absolute Gasteiger partial charge is 0.465 e. The van der Waals surface area contributed by atoms with Crippen LogP contribution in [0.3, 0.4) is 0 Å². The van der Waals surface area contributed by atoms with Gasteiger partial charge < -0.3 is 9.47 Å². The fourth-order valence-corrected chi connectivity index (χ4v) is 2.33. The van der Waals surface area contributed by atoms with Crippen LogP contribution in [0.25, 0.3) is 0 Å². The van der Waals surface area contributed by atoms with Crippen LogP contribution in [0.4, 0.5) is 13.2 Å². The Hall–Kier alpha value is -0.580. The number of aromatic nitrogens is 1. The number of nitrogens with zero attached hydrogens (tertiary/aromatic N) is 1. The highest BCUT2D eigenvalue weighted by Crippen LogP contribution is 2.27. The van der Waals surface area contributed by atoms with E-state index in [-0.39, 0.29) is 20.2 Å². The van der Waals surface area contributed by atoms with E-state index in [4.69, 9.17) is 0 Å². The number of pyridine rings is 1. The highest BCUT2D eigenvalue weighted by atomic mass is 127. The molecule has 1 aromatic heterocycles. The number of rotatable bonds is 3. The molecule has 0 aromatic carbocycles. The maximum absolute atomic E-state index is 12.1. The van der Waals surface area contributed by atoms with Gasteiger partial charge in [-0.15, -0.1) is 13.2 Å². The summed E-state index contributed by atoms with van der Waals surface area (Å²) in [6.07, 6.45) is -4.83. The maximum atomic E-state index is 12.1. The molecule has 0 radical (unpaired) electrons. The van der Waals surface area contributed by atoms with E-state index in [1.165, 1.54) is 7.11 Å². The van der Waals surface area contributed by atoms with E-state index in [0.29, 0.717) is 0 Å². The zero-order valence-corrected chi connectivity index (χ0v) is 12.6. The maximum Gasteiger partial charge on any atom is 0.574 e. The summed E-state index contributed by atoms with van der Waals surface area (Å²) in [7, 11) is 1.18. The molecule has 0 saturated heterocycles. The number of alkyl halides is 4. The normalized spacial score (nSPS) is 11.2. The number of carbonyl (C=O) groups excluding carboxylic acids is 1. The van der Waals surface area contributed by atoms with Crippen LogP contribution < -0.4 is 4.74 Å². The first-order valence-corrected chi connectivity index (χ1v) is 6.58. The van der Waals surface area contributed by atoms with Gasteiger partial charge in [0.1, 0.15) is 0 Å². The van der Waals surface area contributed by atoms with Crippen LogP contribution in [-0.2, 0) is 10.1 Å². The van der Waals surface area contributed by atoms with Gasteiger partial charge in [0.2, 0.25) is 5.88 Å². The molecule has 1 heterocycles. The van der Waals surface area contributed by atoms with E-state index < -0.39 is 18.2 Å². The molecule has 0 bridgehead atoms. The Morgan fingerprint density at radius 3 is 2.61 bits per heavy atom. The van der Waals surface area contributed by atoms with Gasteiger partial charge in [-0.3, -0.25) is 0 Å². The van der Waals surface area contributed by atoms with Crippen LogP contribution >= 0.6 is 38.5 Å². The van der Waals surface area contributed by atoms with Crippen molar-refractivity contribution in [2.24, 2.45) is 0 Å². The molecule has 0 spiro atoms. The van der Waals surface area contributed by atoms with Crippen molar-refractivity contribution < 1.29 is 27.4 Å². The topological polar surface area (TPSA) is 48.4 Å². The highest BCUT2D eigenvalue weighted by Gasteiger charge is 2.32. The molecule has 100 valence electrons. The van der Waals surface area contributed by atoms with Gasteiger partial charge in [-0.1, -0.05) is 15.9 Å². The van der Waals surface area contributed by atoms with Crippen LogP contribution in [0.5, 0.6) is 5.88 Å². The van der Waals surface area contributed by atoms with Gasteiger partial charge in [0.25, 0.3) is 0 Å². The zero-order valence-electron chi connectivity index (χ0n) is 8.85. The van der Waals surface area contributed by atoms with E-state index in [0.717, 1.165) is 6.07 Å². The van der Waals surface area contributed by atoms with Crippen molar-refractivity contribution in [3.05, 3.63) is 20.9 Å². The first kappa shape index (κ1) is 15.5. The second-order valence-corrected chi connectivity index (χ2v) is 4.66. The minimum atomic E-state index is -4.83. The summed E-state index contributed by atoms with van der Waals surface area (Å²) >= 11 is 4.76. The second kappa shape index (κ2) is 6.04. The van der Waals surface area contributed by atoms with Crippen LogP contribution in [0.15, 0.2) is 6.07 Å². The van der Waals surface area contributed by atoms with E-state index >= 15 is 0 Å². The summed E-state index contributed by atoms with van der Waals surface area (Å²) in [6.45, 7) is 0. The average Bonchev–Trinajstić information content (AvgIpc) is 2.24. The lowest BCUT2D eigenvalue weighted by Gasteiger charge is -2.12. The standard InChI is InChI=1S/C9H6BrF3INO3/c1-17-8(16)7-4(14)2-6(15-5(7)3-10)18-9(11,12)13/h2H,3H2,1H3. The Bertz CT molecular complexity index is 467. The Morgan fingerprint density at radius 1 is 1.56 bits per heavy atom. The molecule has 0 aliphatic heterocycles. The fourth-order valence-electron chi connectivity index (χ4n) is 1.12. The van der Waals surface area contributed by atoms with Gasteiger partial charge in [-0.2, -0.15) is 0 Å². The van der Waals surface area contributed by atoms with Crippen molar-refractivity contribution >= 4 is 44.5 Å². The zero-order chi connectivity index (χ0) is 13.9. The molecule has 9 heteroatoms. The lowest BCUT2D eigenvalue weighted by atomic mass is 10.2. The van der Waals surface area contributed by atoms with Crippen molar-refractivity contribution in [2.45, 2.75) is 11.7 Å². The van der Waals surface area contributed by atoms with E-state index in [2.05, 4.69) is 30.4 Å². The highest BCUT2D eigenvalue weighted by molar-refractivity contribution is 14.1. The summed E-state index contributed by atoms with van der Waals surface area (Å²) in [5.74, 6) is -1.28. The molecule has 18 heavy (non-hydrogen) atoms. The Balaban J connectivity index is 3.23. The van der Waals surface area contributed by atoms with Crippen LogP contribution in [0, 0.1) is 3.57 Å². The predicted octanol–water partition coefficient (Wildman–Crippen LogP) is 3.27. The molecule has 0 saturated carbocycles. The van der Waals surface area contributed by atoms with Crippen molar-refractivity contribution in [3.63, 3.8) is 0 Å². The fraction of sp³-hybridized carbons (Fsp3) is 0.333. The van der Waals surface area contributed by atoms with Gasteiger partial charge in [-0.25, -0.2) is 9.78 Å². The summed E-state index contributed by atoms with van der Waals surface area (Å²) in [6, 6.07) is 1.02. The Kier molecular flexibility index (Phi) is 5.20. The SMILES string of the molecule is COC(=O)c1c(I)cc(OC(F)(F)F)nc1CBr. The molecule has 1 rings (SSSR count). The largest absolute Gasteiger partial charge is 0.574 e. The van der Waals surface area contributed by atoms with Gasteiger partial charge in [0.05, 0.1) is 18.4 Å². The van der Waals surface area contributed by atoms with Gasteiger partial charge >= 0.3 is 12.3 Å². The van der Waals surface area contributed by atoms with Crippen LogP contribution in [0.2, 0.25) is 0 Å². The van der Waals surface area contributed by atoms with Crippen molar-refractivity contribution in [3.8, 4) is 5.88 Å². The van der Waals surface area contributed by atoms with Gasteiger partial charge in [0, 0.05) is 15.0 Å². The molecular formula is C9H6BrF3INO3. The summed E-state index contributed by atoms with van der Waals surface area (Å²) < 4.78 is 44.7. The molecule has 0 unspecified atom stereocenters. The Morgan fingerprint density at radius 2 is 2.17 bits per heavy atom. The van der Waals surface area contributed by atoms with E-state index in [9.17, 15) is 18.0 Å². The van der Waals surface area contributed by atoms with Crippen LogP contribution in [-0.4, -0.2) is 24.4 Å². The summed E-state index contributed by atoms with van der Waals surface area (Å²) in [5.41, 5.74) is 0.234. The third kappa shape index (κ3) is 3.97. The lowest BCUT2D eigenvalue weighted by Crippen LogP contribution is -2.19. The van der Waals surface area contributed by atoms with E-state index in [1.54, 1.807) is 22.6 Å². The molecule has 0 N–H and O–H groups in total. The minimum absolute atomic E-state index is 0.0997. The molecule has 1 aromatic rings. The van der Waals surface area contributed by atoms with Crippen molar-refractivity contribution in [1.29, 1.82) is 0 Å². The number of methoxy groups -OCH3 is 1. The molecule has 0 aliphatic rings. The monoisotopic (exact) mass is 439 g/mol. The van der Waals surface area contributed by atoms with E-state index in [1.807, 2.05) is 0 Å². The van der Waals surface area contributed by atoms with Crippen LogP contribution in [0.1, 0.15) is 16.1 Å². The van der Waals surface area contributed by atoms with Gasteiger partial charge in [0.15, 0.2) is 0 Å². The molecule has 4 nitrogen and oxygen atoms in total. The number of hydrogen-bond acceptors (Lipinski definition) is 4. The number of esters is 1. The molecule has 0 amide bonds. The summed E-state index contributed by atoms with van der Waals surface area (Å²) in [4.78, 5) is 15.1. The van der Waals surface area contributed by atoms with Crippen molar-refractivity contribution in [2.75, 3.05) is 7.11 Å². The lowest BCUT2D eigenvalue weighted by molar-refractivity contribution is -0.276. The van der Waals surface area contributed by atoms with Crippen molar-refractivity contribution in [1.82, 2.24) is 4.98 Å².